The molecule has 0 atom stereocenters. The molecule has 1 fully saturated rings. The van der Waals surface area contributed by atoms with Crippen LogP contribution in [0.4, 0.5) is 0 Å². The zero-order valence-corrected chi connectivity index (χ0v) is 15.3. The standard InChI is InChI=1S/C21H22N2O5/c24-20(25)17-6-7-18(22-19(17)21(26)27)28-16-5-4-13-8-10-23(15-2-1-3-15)11-9-14(13)12-16/h4-7,12,15H,1-3,8-11H2,(H,24,25)(H,26,27)/p-2. The number of carbonyl (C=O) groups is 2. The highest BCUT2D eigenvalue weighted by Gasteiger charge is 2.26. The van der Waals surface area contributed by atoms with Gasteiger partial charge in [-0.3, -0.25) is 4.90 Å². The van der Waals surface area contributed by atoms with Gasteiger partial charge in [0.25, 0.3) is 0 Å². The van der Waals surface area contributed by atoms with Crippen LogP contribution in [0.25, 0.3) is 0 Å². The molecule has 0 spiro atoms. The molecule has 0 unspecified atom stereocenters. The SMILES string of the molecule is O=C([O-])c1ccc(Oc2ccc3c(c2)CCN(C2CCC2)CC3)nc1C(=O)[O-]. The maximum absolute atomic E-state index is 11.2. The molecule has 1 aliphatic heterocycles. The highest BCUT2D eigenvalue weighted by atomic mass is 16.5. The molecule has 1 aromatic carbocycles. The fourth-order valence-corrected chi connectivity index (χ4v) is 3.84. The zero-order chi connectivity index (χ0) is 19.7. The smallest absolute Gasteiger partial charge is 0.219 e. The van der Waals surface area contributed by atoms with Gasteiger partial charge in [-0.25, -0.2) is 4.98 Å². The summed E-state index contributed by atoms with van der Waals surface area (Å²) in [5.74, 6) is -2.79. The van der Waals surface area contributed by atoms with Crippen LogP contribution in [0, 0.1) is 0 Å². The van der Waals surface area contributed by atoms with Crippen LogP contribution >= 0.6 is 0 Å². The second-order valence-electron chi connectivity index (χ2n) is 7.27. The van der Waals surface area contributed by atoms with E-state index in [-0.39, 0.29) is 5.88 Å². The lowest BCUT2D eigenvalue weighted by Crippen LogP contribution is -2.41. The highest BCUT2D eigenvalue weighted by Crippen LogP contribution is 2.29. The molecule has 0 amide bonds. The first kappa shape index (κ1) is 18.4. The first-order valence-corrected chi connectivity index (χ1v) is 9.48. The van der Waals surface area contributed by atoms with Gasteiger partial charge in [-0.1, -0.05) is 12.5 Å². The van der Waals surface area contributed by atoms with Gasteiger partial charge in [0.1, 0.15) is 5.75 Å². The summed E-state index contributed by atoms with van der Waals surface area (Å²) in [7, 11) is 0. The predicted molar refractivity (Wildman–Crippen MR) is 96.0 cm³/mol. The van der Waals surface area contributed by atoms with Gasteiger partial charge >= 0.3 is 0 Å². The van der Waals surface area contributed by atoms with Gasteiger partial charge in [-0.05, 0) is 55.0 Å². The minimum absolute atomic E-state index is 0.00568. The molecule has 0 saturated heterocycles. The Labute approximate surface area is 162 Å². The van der Waals surface area contributed by atoms with Crippen molar-refractivity contribution in [1.29, 1.82) is 0 Å². The average molecular weight is 380 g/mol. The van der Waals surface area contributed by atoms with E-state index in [1.807, 2.05) is 18.2 Å². The molecule has 1 saturated carbocycles. The molecule has 146 valence electrons. The third kappa shape index (κ3) is 3.71. The number of carboxylic acids is 2. The summed E-state index contributed by atoms with van der Waals surface area (Å²) in [6.07, 6.45) is 5.84. The first-order chi connectivity index (χ1) is 13.5. The van der Waals surface area contributed by atoms with E-state index in [1.165, 1.54) is 36.5 Å². The van der Waals surface area contributed by atoms with E-state index in [4.69, 9.17) is 4.74 Å². The Bertz CT molecular complexity index is 923. The average Bonchev–Trinajstić information content (AvgIpc) is 2.82. The van der Waals surface area contributed by atoms with Crippen molar-refractivity contribution in [2.75, 3.05) is 13.1 Å². The Morgan fingerprint density at radius 3 is 2.39 bits per heavy atom. The van der Waals surface area contributed by atoms with Crippen LogP contribution in [-0.4, -0.2) is 41.0 Å². The van der Waals surface area contributed by atoms with E-state index >= 15 is 0 Å². The minimum atomic E-state index is -1.69. The molecule has 7 heteroatoms. The summed E-state index contributed by atoms with van der Waals surface area (Å²) >= 11 is 0. The summed E-state index contributed by atoms with van der Waals surface area (Å²) in [6, 6.07) is 8.94. The number of carbonyl (C=O) groups excluding carboxylic acids is 2. The Morgan fingerprint density at radius 1 is 1.00 bits per heavy atom. The van der Waals surface area contributed by atoms with Gasteiger partial charge in [0, 0.05) is 30.8 Å². The number of carboxylic acid groups (broad SMARTS) is 2. The Kier molecular flexibility index (Phi) is 5.00. The van der Waals surface area contributed by atoms with E-state index in [1.54, 1.807) is 0 Å². The molecule has 0 N–H and O–H groups in total. The van der Waals surface area contributed by atoms with Crippen molar-refractivity contribution < 1.29 is 24.5 Å². The summed E-state index contributed by atoms with van der Waals surface area (Å²) in [5, 5.41) is 22.2. The normalized spacial score (nSPS) is 17.3. The topological polar surface area (TPSA) is 106 Å². The molecule has 7 nitrogen and oxygen atoms in total. The van der Waals surface area contributed by atoms with Gasteiger partial charge in [0.2, 0.25) is 5.88 Å². The number of hydrogen-bond acceptors (Lipinski definition) is 7. The summed E-state index contributed by atoms with van der Waals surface area (Å²) in [6.45, 7) is 2.09. The number of ether oxygens (including phenoxy) is 1. The molecule has 28 heavy (non-hydrogen) atoms. The van der Waals surface area contributed by atoms with E-state index in [9.17, 15) is 19.8 Å². The Hall–Kier alpha value is -2.93. The van der Waals surface area contributed by atoms with E-state index in [0.29, 0.717) is 5.75 Å². The van der Waals surface area contributed by atoms with Gasteiger partial charge in [0.15, 0.2) is 0 Å². The maximum atomic E-state index is 11.2. The zero-order valence-electron chi connectivity index (χ0n) is 15.3. The lowest BCUT2D eigenvalue weighted by molar-refractivity contribution is -0.260. The van der Waals surface area contributed by atoms with Gasteiger partial charge < -0.3 is 24.5 Å². The monoisotopic (exact) mass is 380 g/mol. The Balaban J connectivity index is 1.52. The van der Waals surface area contributed by atoms with Crippen molar-refractivity contribution in [3.8, 4) is 11.6 Å². The molecule has 1 aliphatic carbocycles. The number of nitrogens with zero attached hydrogens (tertiary/aromatic N) is 2. The summed E-state index contributed by atoms with van der Waals surface area (Å²) < 4.78 is 5.69. The predicted octanol–water partition coefficient (Wildman–Crippen LogP) is 0.554. The second kappa shape index (κ2) is 7.59. The van der Waals surface area contributed by atoms with Gasteiger partial charge in [0.05, 0.1) is 17.6 Å². The number of aromatic carboxylic acids is 2. The van der Waals surface area contributed by atoms with Crippen molar-refractivity contribution in [2.24, 2.45) is 0 Å². The van der Waals surface area contributed by atoms with Crippen LogP contribution < -0.4 is 14.9 Å². The Morgan fingerprint density at radius 2 is 1.75 bits per heavy atom. The largest absolute Gasteiger partial charge is 0.545 e. The van der Waals surface area contributed by atoms with Crippen LogP contribution in [0.2, 0.25) is 0 Å². The van der Waals surface area contributed by atoms with Crippen LogP contribution in [0.3, 0.4) is 0 Å². The molecular weight excluding hydrogens is 360 g/mol. The molecule has 2 aromatic rings. The fourth-order valence-electron chi connectivity index (χ4n) is 3.84. The number of pyridine rings is 1. The second-order valence-corrected chi connectivity index (χ2v) is 7.27. The third-order valence-electron chi connectivity index (χ3n) is 5.61. The highest BCUT2D eigenvalue weighted by molar-refractivity contribution is 5.98. The summed E-state index contributed by atoms with van der Waals surface area (Å²) in [5.41, 5.74) is 1.27. The number of fused-ring (bicyclic) bond motifs is 1. The molecule has 2 aliphatic rings. The number of benzene rings is 1. The molecule has 2 heterocycles. The number of aromatic nitrogens is 1. The third-order valence-corrected chi connectivity index (χ3v) is 5.61. The van der Waals surface area contributed by atoms with Crippen molar-refractivity contribution >= 4 is 11.9 Å². The van der Waals surface area contributed by atoms with Crippen molar-refractivity contribution in [3.05, 3.63) is 52.7 Å². The first-order valence-electron chi connectivity index (χ1n) is 9.48. The lowest BCUT2D eigenvalue weighted by atomic mass is 9.91. The van der Waals surface area contributed by atoms with Gasteiger partial charge in [-0.15, -0.1) is 0 Å². The van der Waals surface area contributed by atoms with Crippen LogP contribution in [-0.2, 0) is 12.8 Å². The molecule has 0 radical (unpaired) electrons. The van der Waals surface area contributed by atoms with E-state index in [0.717, 1.165) is 38.0 Å². The fraction of sp³-hybridized carbons (Fsp3) is 0.381. The molecule has 0 bridgehead atoms. The van der Waals surface area contributed by atoms with Crippen LogP contribution in [0.1, 0.15) is 51.2 Å². The molecule has 1 aromatic heterocycles. The van der Waals surface area contributed by atoms with Gasteiger partial charge in [-0.2, -0.15) is 0 Å². The lowest BCUT2D eigenvalue weighted by Gasteiger charge is -2.36. The number of rotatable bonds is 5. The molecular formula is C21H20N2O5-2. The maximum Gasteiger partial charge on any atom is 0.219 e. The van der Waals surface area contributed by atoms with E-state index < -0.39 is 23.2 Å². The van der Waals surface area contributed by atoms with Crippen molar-refractivity contribution in [2.45, 2.75) is 38.1 Å². The minimum Gasteiger partial charge on any atom is -0.545 e. The number of hydrogen-bond donors (Lipinski definition) is 0. The molecule has 4 rings (SSSR count). The summed E-state index contributed by atoms with van der Waals surface area (Å²) in [4.78, 5) is 28.5. The van der Waals surface area contributed by atoms with Crippen LogP contribution in [0.5, 0.6) is 11.6 Å². The quantitative estimate of drug-likeness (QED) is 0.746. The van der Waals surface area contributed by atoms with Crippen molar-refractivity contribution in [1.82, 2.24) is 9.88 Å². The van der Waals surface area contributed by atoms with Crippen molar-refractivity contribution in [3.63, 3.8) is 0 Å². The van der Waals surface area contributed by atoms with E-state index in [2.05, 4.69) is 9.88 Å². The van der Waals surface area contributed by atoms with Crippen LogP contribution in [0.15, 0.2) is 30.3 Å².